The van der Waals surface area contributed by atoms with Gasteiger partial charge in [-0.05, 0) is 17.0 Å². The minimum Gasteiger partial charge on any atom is -0.318 e. The van der Waals surface area contributed by atoms with Crippen molar-refractivity contribution in [2.24, 2.45) is 14.1 Å². The minimum absolute atomic E-state index is 0.00542. The zero-order valence-corrected chi connectivity index (χ0v) is 16.0. The summed E-state index contributed by atoms with van der Waals surface area (Å²) in [6.07, 6.45) is 1.89. The van der Waals surface area contributed by atoms with Crippen LogP contribution in [0.25, 0.3) is 0 Å². The van der Waals surface area contributed by atoms with Crippen molar-refractivity contribution in [2.45, 2.75) is 52.4 Å². The summed E-state index contributed by atoms with van der Waals surface area (Å²) < 4.78 is 2.97. The quantitative estimate of drug-likeness (QED) is 0.746. The normalized spacial score (nSPS) is 11.7. The summed E-state index contributed by atoms with van der Waals surface area (Å²) in [7, 11) is 3.44. The maximum absolute atomic E-state index is 11.1. The Morgan fingerprint density at radius 2 is 1.33 bits per heavy atom. The van der Waals surface area contributed by atoms with Gasteiger partial charge >= 0.3 is 0 Å². The third-order valence-corrected chi connectivity index (χ3v) is 3.68. The molecule has 5 heteroatoms. The van der Waals surface area contributed by atoms with Crippen LogP contribution in [0.5, 0.6) is 0 Å². The van der Waals surface area contributed by atoms with Crippen LogP contribution >= 0.6 is 0 Å². The van der Waals surface area contributed by atoms with E-state index in [4.69, 9.17) is 0 Å². The third-order valence-electron chi connectivity index (χ3n) is 3.68. The van der Waals surface area contributed by atoms with Gasteiger partial charge in [0.1, 0.15) is 0 Å². The molecule has 132 valence electrons. The van der Waals surface area contributed by atoms with Gasteiger partial charge < -0.3 is 4.57 Å². The van der Waals surface area contributed by atoms with Gasteiger partial charge in [-0.2, -0.15) is 5.10 Å². The van der Waals surface area contributed by atoms with Gasteiger partial charge in [0, 0.05) is 37.8 Å². The molecule has 0 atom stereocenters. The number of hydrogen-bond donors (Lipinski definition) is 0. The van der Waals surface area contributed by atoms with Gasteiger partial charge in [0.15, 0.2) is 0 Å². The van der Waals surface area contributed by atoms with E-state index in [-0.39, 0.29) is 21.9 Å². The molecule has 0 aromatic carbocycles. The Kier molecular flexibility index (Phi) is 5.93. The summed E-state index contributed by atoms with van der Waals surface area (Å²) in [6, 6.07) is 6.83. The van der Waals surface area contributed by atoms with Crippen molar-refractivity contribution in [1.29, 1.82) is 0 Å². The molecule has 0 bridgehead atoms. The second-order valence-electron chi connectivity index (χ2n) is 8.05. The highest BCUT2D eigenvalue weighted by Crippen LogP contribution is 2.20. The van der Waals surface area contributed by atoms with Crippen LogP contribution in [0.1, 0.15) is 52.8 Å². The zero-order chi connectivity index (χ0) is 18.7. The van der Waals surface area contributed by atoms with Crippen molar-refractivity contribution in [3.05, 3.63) is 62.4 Å². The van der Waals surface area contributed by atoms with Gasteiger partial charge in [-0.1, -0.05) is 47.6 Å². The van der Waals surface area contributed by atoms with Crippen LogP contribution in [0.4, 0.5) is 0 Å². The third kappa shape index (κ3) is 5.48. The molecule has 0 saturated heterocycles. The number of hydrogen-bond acceptors (Lipinski definition) is 3. The summed E-state index contributed by atoms with van der Waals surface area (Å²) in [6.45, 7) is 12.6. The Morgan fingerprint density at radius 1 is 0.792 bits per heavy atom. The van der Waals surface area contributed by atoms with Crippen LogP contribution in [-0.2, 0) is 24.9 Å². The summed E-state index contributed by atoms with van der Waals surface area (Å²) in [5.74, 6) is 0. The van der Waals surface area contributed by atoms with Gasteiger partial charge in [0.2, 0.25) is 5.56 Å². The fourth-order valence-electron chi connectivity index (χ4n) is 1.94. The summed E-state index contributed by atoms with van der Waals surface area (Å²) >= 11 is 0. The predicted octanol–water partition coefficient (Wildman–Crippen LogP) is 2.76. The Hall–Kier alpha value is -2.17. The van der Waals surface area contributed by atoms with Crippen LogP contribution in [0.15, 0.2) is 40.1 Å². The molecule has 0 saturated carbocycles. The number of aromatic nitrogens is 3. The largest absolute Gasteiger partial charge is 0.318 e. The first kappa shape index (κ1) is 19.9. The monoisotopic (exact) mass is 331 g/mol. The van der Waals surface area contributed by atoms with Gasteiger partial charge in [-0.15, -0.1) is 0 Å². The summed E-state index contributed by atoms with van der Waals surface area (Å²) in [5.41, 5.74) is 2.22. The van der Waals surface area contributed by atoms with E-state index in [1.807, 2.05) is 12.3 Å². The number of pyridine rings is 1. The molecule has 24 heavy (non-hydrogen) atoms. The SMILES string of the molecule is Cn1cc(C(C)(C)C)ccc1=O.Cn1nc(C(C)(C)C)ccc1=O. The number of aryl methyl sites for hydroxylation is 2. The topological polar surface area (TPSA) is 56.9 Å². The average Bonchev–Trinajstić information content (AvgIpc) is 2.43. The van der Waals surface area contributed by atoms with Crippen LogP contribution in [0.2, 0.25) is 0 Å². The van der Waals surface area contributed by atoms with Gasteiger partial charge in [0.05, 0.1) is 5.69 Å². The Bertz CT molecular complexity index is 733. The Balaban J connectivity index is 0.000000240. The minimum atomic E-state index is -0.0667. The highest BCUT2D eigenvalue weighted by molar-refractivity contribution is 5.18. The van der Waals surface area contributed by atoms with Crippen molar-refractivity contribution in [2.75, 3.05) is 0 Å². The second kappa shape index (κ2) is 7.16. The molecule has 0 radical (unpaired) electrons. The highest BCUT2D eigenvalue weighted by Gasteiger charge is 2.15. The summed E-state index contributed by atoms with van der Waals surface area (Å²) in [4.78, 5) is 22.1. The molecule has 2 rings (SSSR count). The number of rotatable bonds is 0. The van der Waals surface area contributed by atoms with Crippen molar-refractivity contribution in [3.8, 4) is 0 Å². The van der Waals surface area contributed by atoms with Crippen molar-refractivity contribution >= 4 is 0 Å². The van der Waals surface area contributed by atoms with Crippen molar-refractivity contribution < 1.29 is 0 Å². The van der Waals surface area contributed by atoms with Crippen molar-refractivity contribution in [1.82, 2.24) is 14.3 Å². The van der Waals surface area contributed by atoms with Gasteiger partial charge in [-0.3, -0.25) is 9.59 Å². The molecule has 0 aliphatic rings. The van der Waals surface area contributed by atoms with E-state index >= 15 is 0 Å². The van der Waals surface area contributed by atoms with Crippen LogP contribution in [0, 0.1) is 0 Å². The molecule has 0 amide bonds. The van der Waals surface area contributed by atoms with E-state index in [0.717, 1.165) is 5.69 Å². The van der Waals surface area contributed by atoms with Gasteiger partial charge in [-0.25, -0.2) is 4.68 Å². The maximum Gasteiger partial charge on any atom is 0.266 e. The molecule has 2 aromatic heterocycles. The fourth-order valence-corrected chi connectivity index (χ4v) is 1.94. The van der Waals surface area contributed by atoms with E-state index in [9.17, 15) is 9.59 Å². The second-order valence-corrected chi connectivity index (χ2v) is 8.05. The molecule has 0 N–H and O–H groups in total. The van der Waals surface area contributed by atoms with E-state index in [0.29, 0.717) is 0 Å². The number of nitrogens with zero attached hydrogens (tertiary/aromatic N) is 3. The molecule has 0 spiro atoms. The average molecular weight is 331 g/mol. The molecule has 0 aliphatic heterocycles. The lowest BCUT2D eigenvalue weighted by atomic mass is 9.88. The summed E-state index contributed by atoms with van der Waals surface area (Å²) in [5, 5.41) is 4.15. The lowest BCUT2D eigenvalue weighted by molar-refractivity contribution is 0.531. The first-order chi connectivity index (χ1) is 10.8. The van der Waals surface area contributed by atoms with E-state index in [2.05, 4.69) is 46.6 Å². The Labute approximate surface area is 144 Å². The standard InChI is InChI=1S/C10H15NO.C9H14N2O/c1-10(2,3)8-5-6-9(12)11(4)7-8;1-9(2,3)7-5-6-8(12)11(4)10-7/h5-7H,1-4H3;5-6H,1-4H3. The molecular weight excluding hydrogens is 302 g/mol. The molecular formula is C19H29N3O2. The first-order valence-electron chi connectivity index (χ1n) is 8.04. The predicted molar refractivity (Wildman–Crippen MR) is 98.6 cm³/mol. The first-order valence-corrected chi connectivity index (χ1v) is 8.04. The lowest BCUT2D eigenvalue weighted by Gasteiger charge is -2.19. The van der Waals surface area contributed by atoms with E-state index in [1.165, 1.54) is 10.2 Å². The maximum atomic E-state index is 11.1. The molecule has 2 aromatic rings. The molecule has 0 aliphatic carbocycles. The van der Waals surface area contributed by atoms with Crippen LogP contribution < -0.4 is 11.1 Å². The van der Waals surface area contributed by atoms with E-state index < -0.39 is 0 Å². The molecule has 0 fully saturated rings. The zero-order valence-electron chi connectivity index (χ0n) is 16.0. The Morgan fingerprint density at radius 3 is 1.75 bits per heavy atom. The highest BCUT2D eigenvalue weighted by atomic mass is 16.1. The molecule has 0 unspecified atom stereocenters. The van der Waals surface area contributed by atoms with Crippen molar-refractivity contribution in [3.63, 3.8) is 0 Å². The van der Waals surface area contributed by atoms with Crippen LogP contribution in [-0.4, -0.2) is 14.3 Å². The smallest absolute Gasteiger partial charge is 0.266 e. The van der Waals surface area contributed by atoms with E-state index in [1.54, 1.807) is 36.9 Å². The molecule has 2 heterocycles. The fraction of sp³-hybridized carbons (Fsp3) is 0.526. The van der Waals surface area contributed by atoms with Gasteiger partial charge in [0.25, 0.3) is 5.56 Å². The van der Waals surface area contributed by atoms with Crippen LogP contribution in [0.3, 0.4) is 0 Å². The lowest BCUT2D eigenvalue weighted by Crippen LogP contribution is -2.24. The molecule has 5 nitrogen and oxygen atoms in total.